The zero-order chi connectivity index (χ0) is 18.0. The molecule has 0 spiro atoms. The largest absolute Gasteiger partial charge is 0.500 e. The lowest BCUT2D eigenvalue weighted by Crippen LogP contribution is -2.46. The molecule has 0 bridgehead atoms. The molecular formula is C15H30N4O4Si. The summed E-state index contributed by atoms with van der Waals surface area (Å²) in [5.74, 6) is 1.25. The Morgan fingerprint density at radius 2 is 1.71 bits per heavy atom. The summed E-state index contributed by atoms with van der Waals surface area (Å²) in [5, 5.41) is 6.99. The molecule has 0 atom stereocenters. The number of aryl methyl sites for hydroxylation is 2. The minimum atomic E-state index is -2.65. The highest BCUT2D eigenvalue weighted by Gasteiger charge is 2.39. The van der Waals surface area contributed by atoms with Gasteiger partial charge in [0.1, 0.15) is 11.6 Å². The molecule has 1 aromatic heterocycles. The predicted molar refractivity (Wildman–Crippen MR) is 93.0 cm³/mol. The molecule has 138 valence electrons. The zero-order valence-electron chi connectivity index (χ0n) is 15.4. The fourth-order valence-electron chi connectivity index (χ4n) is 2.43. The second-order valence-electron chi connectivity index (χ2n) is 5.16. The second-order valence-corrected chi connectivity index (χ2v) is 7.89. The summed E-state index contributed by atoms with van der Waals surface area (Å²) in [4.78, 5) is 16.4. The van der Waals surface area contributed by atoms with E-state index in [2.05, 4.69) is 15.4 Å². The van der Waals surface area contributed by atoms with Crippen molar-refractivity contribution >= 4 is 14.8 Å². The Balaban J connectivity index is 2.53. The molecule has 1 N–H and O–H groups in total. The average Bonchev–Trinajstić information content (AvgIpc) is 2.93. The van der Waals surface area contributed by atoms with Crippen molar-refractivity contribution in [2.45, 2.75) is 53.5 Å². The number of amides is 1. The van der Waals surface area contributed by atoms with E-state index in [9.17, 15) is 4.79 Å². The molecule has 0 unspecified atom stereocenters. The minimum Gasteiger partial charge on any atom is -0.374 e. The third-order valence-corrected chi connectivity index (χ3v) is 6.47. The van der Waals surface area contributed by atoms with Crippen LogP contribution >= 0.6 is 0 Å². The van der Waals surface area contributed by atoms with Crippen molar-refractivity contribution in [3.63, 3.8) is 0 Å². The Bertz CT molecular complexity index is 493. The van der Waals surface area contributed by atoms with Gasteiger partial charge in [0.2, 0.25) is 0 Å². The molecule has 0 aliphatic rings. The summed E-state index contributed by atoms with van der Waals surface area (Å²) >= 11 is 0. The van der Waals surface area contributed by atoms with E-state index in [1.54, 1.807) is 6.92 Å². The van der Waals surface area contributed by atoms with E-state index in [1.807, 2.05) is 27.7 Å². The first kappa shape index (κ1) is 20.8. The Morgan fingerprint density at radius 3 is 2.21 bits per heavy atom. The van der Waals surface area contributed by atoms with Crippen molar-refractivity contribution in [2.24, 2.45) is 0 Å². The van der Waals surface area contributed by atoms with Crippen molar-refractivity contribution in [3.8, 4) is 0 Å². The van der Waals surface area contributed by atoms with E-state index in [-0.39, 0.29) is 6.03 Å². The fraction of sp³-hybridized carbons (Fsp3) is 0.800. The lowest BCUT2D eigenvalue weighted by atomic mass is 10.4. The van der Waals surface area contributed by atoms with Gasteiger partial charge in [-0.3, -0.25) is 0 Å². The van der Waals surface area contributed by atoms with Gasteiger partial charge in [-0.05, 0) is 34.1 Å². The fourth-order valence-corrected chi connectivity index (χ4v) is 5.04. The maximum absolute atomic E-state index is 12.2. The maximum atomic E-state index is 12.2. The zero-order valence-corrected chi connectivity index (χ0v) is 16.4. The van der Waals surface area contributed by atoms with Crippen LogP contribution in [0, 0.1) is 6.92 Å². The first-order valence-electron chi connectivity index (χ1n) is 8.64. The van der Waals surface area contributed by atoms with Gasteiger partial charge in [-0.2, -0.15) is 4.68 Å². The second kappa shape index (κ2) is 10.5. The Hall–Kier alpha value is -1.29. The predicted octanol–water partition coefficient (Wildman–Crippen LogP) is 2.15. The van der Waals surface area contributed by atoms with Crippen LogP contribution in [0.2, 0.25) is 6.04 Å². The van der Waals surface area contributed by atoms with Crippen LogP contribution < -0.4 is 5.32 Å². The average molecular weight is 359 g/mol. The van der Waals surface area contributed by atoms with E-state index in [4.69, 9.17) is 13.3 Å². The molecule has 0 aliphatic heterocycles. The molecule has 0 radical (unpaired) electrons. The number of aromatic nitrogens is 3. The summed E-state index contributed by atoms with van der Waals surface area (Å²) in [6, 6.07) is 0.406. The summed E-state index contributed by atoms with van der Waals surface area (Å²) in [5.41, 5.74) is 0. The van der Waals surface area contributed by atoms with Gasteiger partial charge in [0.15, 0.2) is 0 Å². The number of nitrogens with one attached hydrogen (secondary N) is 1. The van der Waals surface area contributed by atoms with Crippen molar-refractivity contribution in [2.75, 3.05) is 26.4 Å². The molecule has 0 saturated heterocycles. The topological polar surface area (TPSA) is 87.5 Å². The van der Waals surface area contributed by atoms with Crippen molar-refractivity contribution < 1.29 is 18.1 Å². The number of rotatable bonds is 11. The van der Waals surface area contributed by atoms with Gasteiger partial charge in [-0.1, -0.05) is 6.92 Å². The van der Waals surface area contributed by atoms with Crippen LogP contribution in [0.3, 0.4) is 0 Å². The summed E-state index contributed by atoms with van der Waals surface area (Å²) in [6.07, 6.45) is 1.37. The molecule has 0 aromatic carbocycles. The van der Waals surface area contributed by atoms with Crippen LogP contribution in [0.1, 0.15) is 45.8 Å². The van der Waals surface area contributed by atoms with E-state index in [1.165, 1.54) is 4.68 Å². The van der Waals surface area contributed by atoms with Gasteiger partial charge < -0.3 is 18.6 Å². The molecule has 0 fully saturated rings. The highest BCUT2D eigenvalue weighted by atomic mass is 28.4. The standard InChI is InChI=1S/C15H30N4O4Si/c1-6-14-17-13(5)18-19(14)15(20)16-11-10-12-24(21-7-2,22-8-3)23-9-4/h6-12H2,1-5H3,(H,16,20). The molecule has 0 aliphatic carbocycles. The van der Waals surface area contributed by atoms with E-state index in [0.29, 0.717) is 56.9 Å². The first-order valence-corrected chi connectivity index (χ1v) is 10.6. The quantitative estimate of drug-likeness (QED) is 0.482. The van der Waals surface area contributed by atoms with Crippen LogP contribution in [-0.4, -0.2) is 56.0 Å². The molecule has 8 nitrogen and oxygen atoms in total. The maximum Gasteiger partial charge on any atom is 0.500 e. The normalized spacial score (nSPS) is 11.7. The number of nitrogens with zero attached hydrogens (tertiary/aromatic N) is 3. The number of carbonyl (C=O) groups is 1. The number of hydrogen-bond donors (Lipinski definition) is 1. The molecule has 1 heterocycles. The first-order chi connectivity index (χ1) is 11.5. The van der Waals surface area contributed by atoms with E-state index in [0.717, 1.165) is 0 Å². The Labute approximate surface area is 145 Å². The van der Waals surface area contributed by atoms with Crippen molar-refractivity contribution in [1.29, 1.82) is 0 Å². The van der Waals surface area contributed by atoms with Gasteiger partial charge >= 0.3 is 14.8 Å². The molecule has 24 heavy (non-hydrogen) atoms. The Kier molecular flexibility index (Phi) is 9.12. The number of carbonyl (C=O) groups excluding carboxylic acids is 1. The monoisotopic (exact) mass is 358 g/mol. The molecule has 1 rings (SSSR count). The highest BCUT2D eigenvalue weighted by molar-refractivity contribution is 6.60. The highest BCUT2D eigenvalue weighted by Crippen LogP contribution is 2.17. The third-order valence-electron chi connectivity index (χ3n) is 3.32. The molecular weight excluding hydrogens is 328 g/mol. The summed E-state index contributed by atoms with van der Waals surface area (Å²) in [6.45, 7) is 11.7. The van der Waals surface area contributed by atoms with Gasteiger partial charge in [0, 0.05) is 38.8 Å². The van der Waals surface area contributed by atoms with E-state index < -0.39 is 8.80 Å². The molecule has 1 amide bonds. The summed E-state index contributed by atoms with van der Waals surface area (Å²) < 4.78 is 18.7. The van der Waals surface area contributed by atoms with Crippen LogP contribution in [-0.2, 0) is 19.7 Å². The van der Waals surface area contributed by atoms with Gasteiger partial charge in [0.05, 0.1) is 0 Å². The third kappa shape index (κ3) is 5.97. The SMILES string of the molecule is CCO[Si](CCCNC(=O)n1nc(C)nc1CC)(OCC)OCC. The van der Waals surface area contributed by atoms with Crippen molar-refractivity contribution in [3.05, 3.63) is 11.6 Å². The van der Waals surface area contributed by atoms with Crippen LogP contribution in [0.15, 0.2) is 0 Å². The van der Waals surface area contributed by atoms with Crippen LogP contribution in [0.5, 0.6) is 0 Å². The van der Waals surface area contributed by atoms with E-state index >= 15 is 0 Å². The summed E-state index contributed by atoms with van der Waals surface area (Å²) in [7, 11) is -2.65. The smallest absolute Gasteiger partial charge is 0.374 e. The minimum absolute atomic E-state index is 0.260. The molecule has 1 aromatic rings. The lowest BCUT2D eigenvalue weighted by molar-refractivity contribution is 0.0708. The molecule has 9 heteroatoms. The van der Waals surface area contributed by atoms with Crippen LogP contribution in [0.25, 0.3) is 0 Å². The Morgan fingerprint density at radius 1 is 1.12 bits per heavy atom. The van der Waals surface area contributed by atoms with Crippen LogP contribution in [0.4, 0.5) is 4.79 Å². The van der Waals surface area contributed by atoms with Gasteiger partial charge in [-0.15, -0.1) is 5.10 Å². The molecule has 0 saturated carbocycles. The van der Waals surface area contributed by atoms with Gasteiger partial charge in [0.25, 0.3) is 0 Å². The number of hydrogen-bond acceptors (Lipinski definition) is 6. The lowest BCUT2D eigenvalue weighted by Gasteiger charge is -2.28. The van der Waals surface area contributed by atoms with Gasteiger partial charge in [-0.25, -0.2) is 9.78 Å². The van der Waals surface area contributed by atoms with Crippen molar-refractivity contribution in [1.82, 2.24) is 20.1 Å².